The van der Waals surface area contributed by atoms with Crippen LogP contribution in [0.15, 0.2) is 29.2 Å². The Balaban J connectivity index is 2.13. The van der Waals surface area contributed by atoms with Crippen LogP contribution in [0.25, 0.3) is 0 Å². The largest absolute Gasteiger partial charge is 0.383 e. The molecule has 2 N–H and O–H groups in total. The van der Waals surface area contributed by atoms with Gasteiger partial charge >= 0.3 is 0 Å². The summed E-state index contributed by atoms with van der Waals surface area (Å²) in [6, 6.07) is 6.03. The molecule has 1 aliphatic rings. The van der Waals surface area contributed by atoms with Crippen molar-refractivity contribution in [3.63, 3.8) is 0 Å². The summed E-state index contributed by atoms with van der Waals surface area (Å²) < 4.78 is 27.1. The molecular formula is C15H22N2O4S. The summed E-state index contributed by atoms with van der Waals surface area (Å²) in [5.74, 6) is -0.342. The predicted molar refractivity (Wildman–Crippen MR) is 84.1 cm³/mol. The zero-order valence-electron chi connectivity index (χ0n) is 12.8. The van der Waals surface area contributed by atoms with Gasteiger partial charge in [0.2, 0.25) is 10.0 Å². The Morgan fingerprint density at radius 2 is 2.00 bits per heavy atom. The number of carbonyl (C=O) groups excluding carboxylic acids is 1. The Bertz CT molecular complexity index is 627. The van der Waals surface area contributed by atoms with Crippen LogP contribution in [-0.4, -0.2) is 38.1 Å². The van der Waals surface area contributed by atoms with Crippen LogP contribution in [0.2, 0.25) is 0 Å². The number of anilines is 1. The van der Waals surface area contributed by atoms with Gasteiger partial charge in [-0.05, 0) is 37.6 Å². The summed E-state index contributed by atoms with van der Waals surface area (Å²) in [6.07, 6.45) is 1.12. The fourth-order valence-electron chi connectivity index (χ4n) is 2.55. The first-order valence-corrected chi connectivity index (χ1v) is 8.95. The Morgan fingerprint density at radius 1 is 1.36 bits per heavy atom. The highest BCUT2D eigenvalue weighted by atomic mass is 32.2. The van der Waals surface area contributed by atoms with Crippen LogP contribution < -0.4 is 9.62 Å². The van der Waals surface area contributed by atoms with Gasteiger partial charge < -0.3 is 10.0 Å². The molecule has 122 valence electrons. The quantitative estimate of drug-likeness (QED) is 0.824. The van der Waals surface area contributed by atoms with Crippen LogP contribution in [-0.2, 0) is 14.8 Å². The number of hydrogen-bond acceptors (Lipinski definition) is 4. The minimum atomic E-state index is -3.55. The van der Waals surface area contributed by atoms with Gasteiger partial charge in [-0.2, -0.15) is 0 Å². The molecule has 0 spiro atoms. The zero-order chi connectivity index (χ0) is 16.3. The molecule has 1 fully saturated rings. The minimum absolute atomic E-state index is 0.120. The van der Waals surface area contributed by atoms with Crippen molar-refractivity contribution in [3.8, 4) is 0 Å². The van der Waals surface area contributed by atoms with E-state index in [0.29, 0.717) is 18.7 Å². The van der Waals surface area contributed by atoms with Gasteiger partial charge in [0.15, 0.2) is 0 Å². The molecule has 1 aromatic rings. The molecule has 2 rings (SSSR count). The number of nitrogens with one attached hydrogen (secondary N) is 1. The van der Waals surface area contributed by atoms with Gasteiger partial charge in [0.05, 0.1) is 4.90 Å². The number of amides is 1. The van der Waals surface area contributed by atoms with E-state index in [1.54, 1.807) is 12.1 Å². The molecule has 0 radical (unpaired) electrons. The number of benzene rings is 1. The fraction of sp³-hybridized carbons (Fsp3) is 0.533. The lowest BCUT2D eigenvalue weighted by Gasteiger charge is -2.17. The Morgan fingerprint density at radius 3 is 2.50 bits per heavy atom. The van der Waals surface area contributed by atoms with Gasteiger partial charge in [-0.25, -0.2) is 13.1 Å². The molecule has 0 saturated carbocycles. The number of aliphatic hydroxyl groups excluding tert-OH is 1. The first-order valence-electron chi connectivity index (χ1n) is 7.47. The molecule has 1 aliphatic heterocycles. The number of hydrogen-bond donors (Lipinski definition) is 2. The lowest BCUT2D eigenvalue weighted by atomic mass is 10.2. The summed E-state index contributed by atoms with van der Waals surface area (Å²) in [4.78, 5) is 13.4. The third-order valence-corrected chi connectivity index (χ3v) is 5.32. The Kier molecular flexibility index (Phi) is 5.20. The van der Waals surface area contributed by atoms with Crippen LogP contribution in [0.1, 0.15) is 33.1 Å². The molecular weight excluding hydrogens is 304 g/mol. The highest BCUT2D eigenvalue weighted by Gasteiger charge is 2.30. The molecule has 0 bridgehead atoms. The molecule has 1 saturated heterocycles. The van der Waals surface area contributed by atoms with Crippen molar-refractivity contribution < 1.29 is 18.3 Å². The van der Waals surface area contributed by atoms with Crippen molar-refractivity contribution >= 4 is 21.6 Å². The van der Waals surface area contributed by atoms with E-state index in [1.807, 2.05) is 13.8 Å². The third kappa shape index (κ3) is 3.66. The second kappa shape index (κ2) is 6.76. The second-order valence-corrected chi connectivity index (χ2v) is 7.31. The van der Waals surface area contributed by atoms with Crippen molar-refractivity contribution in [2.75, 3.05) is 11.4 Å². The third-order valence-electron chi connectivity index (χ3n) is 3.71. The SMILES string of the molecule is CCCC(C)NS(=O)(=O)c1ccc(N2CCC(O)C2=O)cc1. The summed E-state index contributed by atoms with van der Waals surface area (Å²) in [5.41, 5.74) is 0.599. The number of sulfonamides is 1. The number of rotatable bonds is 6. The molecule has 6 nitrogen and oxygen atoms in total. The van der Waals surface area contributed by atoms with Crippen LogP contribution >= 0.6 is 0 Å². The molecule has 2 atom stereocenters. The number of aliphatic hydroxyl groups is 1. The Hall–Kier alpha value is -1.44. The van der Waals surface area contributed by atoms with Crippen molar-refractivity contribution in [2.45, 2.75) is 50.2 Å². The van der Waals surface area contributed by atoms with Crippen LogP contribution in [0.4, 0.5) is 5.69 Å². The molecule has 0 aliphatic carbocycles. The lowest BCUT2D eigenvalue weighted by molar-refractivity contribution is -0.123. The zero-order valence-corrected chi connectivity index (χ0v) is 13.6. The summed E-state index contributed by atoms with van der Waals surface area (Å²) >= 11 is 0. The topological polar surface area (TPSA) is 86.7 Å². The average molecular weight is 326 g/mol. The second-order valence-electron chi connectivity index (χ2n) is 5.60. The van der Waals surface area contributed by atoms with Gasteiger partial charge in [0, 0.05) is 24.7 Å². The maximum absolute atomic E-state index is 12.2. The van der Waals surface area contributed by atoms with Gasteiger partial charge in [0.1, 0.15) is 6.10 Å². The van der Waals surface area contributed by atoms with Crippen LogP contribution in [0, 0.1) is 0 Å². The molecule has 7 heteroatoms. The molecule has 2 unspecified atom stereocenters. The smallest absolute Gasteiger partial charge is 0.255 e. The van der Waals surface area contributed by atoms with Crippen molar-refractivity contribution in [2.24, 2.45) is 0 Å². The molecule has 1 amide bonds. The monoisotopic (exact) mass is 326 g/mol. The van der Waals surface area contributed by atoms with E-state index in [2.05, 4.69) is 4.72 Å². The highest BCUT2D eigenvalue weighted by molar-refractivity contribution is 7.89. The van der Waals surface area contributed by atoms with Gasteiger partial charge in [-0.15, -0.1) is 0 Å². The molecule has 1 heterocycles. The highest BCUT2D eigenvalue weighted by Crippen LogP contribution is 2.23. The first kappa shape index (κ1) is 16.9. The maximum Gasteiger partial charge on any atom is 0.255 e. The van der Waals surface area contributed by atoms with E-state index < -0.39 is 16.1 Å². The van der Waals surface area contributed by atoms with Crippen LogP contribution in [0.3, 0.4) is 0 Å². The summed E-state index contributed by atoms with van der Waals surface area (Å²) in [5, 5.41) is 9.47. The van der Waals surface area contributed by atoms with Crippen molar-refractivity contribution in [3.05, 3.63) is 24.3 Å². The van der Waals surface area contributed by atoms with E-state index >= 15 is 0 Å². The van der Waals surface area contributed by atoms with E-state index in [0.717, 1.165) is 12.8 Å². The van der Waals surface area contributed by atoms with Gasteiger partial charge in [-0.3, -0.25) is 4.79 Å². The normalized spacial score (nSPS) is 20.4. The fourth-order valence-corrected chi connectivity index (χ4v) is 3.83. The van der Waals surface area contributed by atoms with Crippen LogP contribution in [0.5, 0.6) is 0 Å². The maximum atomic E-state index is 12.2. The summed E-state index contributed by atoms with van der Waals surface area (Å²) in [7, 11) is -3.55. The molecule has 1 aromatic carbocycles. The lowest BCUT2D eigenvalue weighted by Crippen LogP contribution is -2.32. The molecule has 0 aromatic heterocycles. The molecule has 22 heavy (non-hydrogen) atoms. The van der Waals surface area contributed by atoms with E-state index in [4.69, 9.17) is 0 Å². The first-order chi connectivity index (χ1) is 10.3. The standard InChI is InChI=1S/C15H22N2O4S/c1-3-4-11(2)16-22(20,21)13-7-5-12(6-8-13)17-10-9-14(18)15(17)19/h5-8,11,14,16,18H,3-4,9-10H2,1-2H3. The van der Waals surface area contributed by atoms with E-state index in [-0.39, 0.29) is 16.8 Å². The van der Waals surface area contributed by atoms with E-state index in [9.17, 15) is 18.3 Å². The summed E-state index contributed by atoms with van der Waals surface area (Å²) in [6.45, 7) is 4.28. The van der Waals surface area contributed by atoms with Gasteiger partial charge in [-0.1, -0.05) is 13.3 Å². The average Bonchev–Trinajstić information content (AvgIpc) is 2.79. The predicted octanol–water partition coefficient (Wildman–Crippen LogP) is 1.25. The van der Waals surface area contributed by atoms with Crippen molar-refractivity contribution in [1.82, 2.24) is 4.72 Å². The van der Waals surface area contributed by atoms with Gasteiger partial charge in [0.25, 0.3) is 5.91 Å². The number of nitrogens with zero attached hydrogens (tertiary/aromatic N) is 1. The Labute approximate surface area is 131 Å². The number of carbonyl (C=O) groups is 1. The minimum Gasteiger partial charge on any atom is -0.383 e. The van der Waals surface area contributed by atoms with Crippen molar-refractivity contribution in [1.29, 1.82) is 0 Å². The van der Waals surface area contributed by atoms with E-state index in [1.165, 1.54) is 17.0 Å².